The molecule has 48 heavy (non-hydrogen) atoms. The van der Waals surface area contributed by atoms with Gasteiger partial charge in [-0.2, -0.15) is 0 Å². The fourth-order valence-electron chi connectivity index (χ4n) is 8.61. The van der Waals surface area contributed by atoms with Gasteiger partial charge in [-0.1, -0.05) is 27.7 Å². The van der Waals surface area contributed by atoms with Gasteiger partial charge in [-0.3, -0.25) is 0 Å². The summed E-state index contributed by atoms with van der Waals surface area (Å²) in [6, 6.07) is 6.09. The Morgan fingerprint density at radius 3 is 1.29 bits per heavy atom. The number of ether oxygens (including phenoxy) is 6. The van der Waals surface area contributed by atoms with Gasteiger partial charge in [0.2, 0.25) is 0 Å². The molecule has 5 rings (SSSR count). The predicted octanol–water partition coefficient (Wildman–Crippen LogP) is 5.78. The van der Waals surface area contributed by atoms with Gasteiger partial charge in [0, 0.05) is 36.8 Å². The fraction of sp³-hybridized carbons (Fsp3) is 0.778. The van der Waals surface area contributed by atoms with Gasteiger partial charge in [0.15, 0.2) is 11.6 Å². The average molecular weight is 675 g/mol. The number of rotatable bonds is 10. The molecule has 2 spiro atoms. The molecule has 0 N–H and O–H groups in total. The van der Waals surface area contributed by atoms with Crippen LogP contribution < -0.4 is 0 Å². The van der Waals surface area contributed by atoms with Crippen LogP contribution in [0, 0.1) is 0 Å². The van der Waals surface area contributed by atoms with Crippen LogP contribution in [0.5, 0.6) is 0 Å². The highest BCUT2D eigenvalue weighted by Gasteiger charge is 2.61. The van der Waals surface area contributed by atoms with E-state index in [0.717, 1.165) is 0 Å². The highest BCUT2D eigenvalue weighted by molar-refractivity contribution is 5.93. The number of esters is 2. The number of benzene rings is 1. The van der Waals surface area contributed by atoms with Crippen molar-refractivity contribution in [3.8, 4) is 0 Å². The Labute approximate surface area is 284 Å². The molecule has 12 nitrogen and oxygen atoms in total. The smallest absolute Gasteiger partial charge is 0.338 e. The Morgan fingerprint density at radius 2 is 0.979 bits per heavy atom. The molecule has 4 saturated heterocycles. The molecule has 0 aliphatic carbocycles. The van der Waals surface area contributed by atoms with Crippen LogP contribution in [0.3, 0.4) is 0 Å². The van der Waals surface area contributed by atoms with Crippen molar-refractivity contribution in [2.75, 3.05) is 26.4 Å². The quantitative estimate of drug-likeness (QED) is 0.281. The van der Waals surface area contributed by atoms with E-state index in [1.165, 1.54) is 34.4 Å². The van der Waals surface area contributed by atoms with Crippen LogP contribution in [0.1, 0.15) is 127 Å². The number of carbonyl (C=O) groups excluding carboxylic acids is 2. The summed E-state index contributed by atoms with van der Waals surface area (Å²) >= 11 is 0. The standard InChI is InChI=1S/C36H54N2O10/c1-9-33(10-2)23-35(21-31(5,6)37(33)41)45-19-27(47-35)17-43-29(39)25-13-15-26(16-14-25)30(40)44-18-28-20-46-36(48-28)22-32(7,8)38(42)34(11-3,12-4)24-36/h13-16,27-28H,9-12,17-24H2,1-8H3. The maximum Gasteiger partial charge on any atom is 0.338 e. The van der Waals surface area contributed by atoms with Gasteiger partial charge in [0.05, 0.1) is 35.4 Å². The summed E-state index contributed by atoms with van der Waals surface area (Å²) in [5.74, 6) is -2.89. The fourth-order valence-corrected chi connectivity index (χ4v) is 8.61. The Balaban J connectivity index is 1.10. The Bertz CT molecular complexity index is 1210. The van der Waals surface area contributed by atoms with Gasteiger partial charge >= 0.3 is 11.9 Å². The molecule has 0 saturated carbocycles. The van der Waals surface area contributed by atoms with Gasteiger partial charge in [-0.15, -0.1) is 20.5 Å². The maximum atomic E-state index is 13.2. The van der Waals surface area contributed by atoms with E-state index < -0.39 is 57.9 Å². The van der Waals surface area contributed by atoms with Crippen LogP contribution >= 0.6 is 0 Å². The van der Waals surface area contributed by atoms with E-state index in [4.69, 9.17) is 28.4 Å². The largest absolute Gasteiger partial charge is 0.459 e. The van der Waals surface area contributed by atoms with Crippen molar-refractivity contribution in [2.24, 2.45) is 0 Å². The molecule has 4 aliphatic heterocycles. The van der Waals surface area contributed by atoms with Crippen LogP contribution in [-0.2, 0) is 38.8 Å². The monoisotopic (exact) mass is 674 g/mol. The molecular formula is C36H54N2O10. The Kier molecular flexibility index (Phi) is 10.5. The molecule has 0 bridgehead atoms. The van der Waals surface area contributed by atoms with E-state index in [1.807, 2.05) is 55.4 Å². The third kappa shape index (κ3) is 6.92. The van der Waals surface area contributed by atoms with E-state index in [2.05, 4.69) is 0 Å². The number of hydrogen-bond donors (Lipinski definition) is 0. The van der Waals surface area contributed by atoms with Crippen molar-refractivity contribution in [3.05, 3.63) is 35.4 Å². The first kappa shape index (κ1) is 37.1. The van der Waals surface area contributed by atoms with Gasteiger partial charge < -0.3 is 28.4 Å². The number of piperidine rings is 2. The summed E-state index contributed by atoms with van der Waals surface area (Å²) < 4.78 is 36.2. The average Bonchev–Trinajstić information content (AvgIpc) is 3.64. The second-order valence-corrected chi connectivity index (χ2v) is 15.5. The van der Waals surface area contributed by atoms with E-state index >= 15 is 0 Å². The molecule has 12 heteroatoms. The summed E-state index contributed by atoms with van der Waals surface area (Å²) in [7, 11) is 0. The predicted molar refractivity (Wildman–Crippen MR) is 172 cm³/mol. The first-order valence-corrected chi connectivity index (χ1v) is 17.5. The highest BCUT2D eigenvalue weighted by atomic mass is 16.8. The molecule has 0 aromatic heterocycles. The molecule has 1 aromatic carbocycles. The minimum atomic E-state index is -0.896. The number of carbonyl (C=O) groups is 2. The first-order valence-electron chi connectivity index (χ1n) is 17.5. The second kappa shape index (κ2) is 13.5. The van der Waals surface area contributed by atoms with Crippen LogP contribution in [0.15, 0.2) is 24.3 Å². The topological polar surface area (TPSA) is 136 Å². The lowest BCUT2D eigenvalue weighted by Gasteiger charge is -2.55. The normalized spacial score (nSPS) is 32.5. The zero-order valence-corrected chi connectivity index (χ0v) is 29.9. The summed E-state index contributed by atoms with van der Waals surface area (Å²) in [6.45, 7) is 16.2. The van der Waals surface area contributed by atoms with Gasteiger partial charge in [-0.05, 0) is 77.6 Å². The van der Waals surface area contributed by atoms with E-state index in [-0.39, 0.29) is 37.6 Å². The molecule has 4 fully saturated rings. The van der Waals surface area contributed by atoms with Crippen LogP contribution in [0.2, 0.25) is 0 Å². The minimum Gasteiger partial charge on any atom is -0.459 e. The van der Waals surface area contributed by atoms with E-state index in [0.29, 0.717) is 51.4 Å². The van der Waals surface area contributed by atoms with E-state index in [9.17, 15) is 20.0 Å². The molecule has 4 unspecified atom stereocenters. The Morgan fingerprint density at radius 1 is 0.646 bits per heavy atom. The molecule has 2 radical (unpaired) electrons. The number of hydroxylamine groups is 4. The molecular weight excluding hydrogens is 620 g/mol. The molecule has 4 heterocycles. The van der Waals surface area contributed by atoms with Crippen molar-refractivity contribution in [3.63, 3.8) is 0 Å². The first-order chi connectivity index (χ1) is 22.5. The zero-order chi connectivity index (χ0) is 35.2. The van der Waals surface area contributed by atoms with Gasteiger partial charge in [0.25, 0.3) is 0 Å². The molecule has 1 aromatic rings. The van der Waals surface area contributed by atoms with Crippen LogP contribution in [0.4, 0.5) is 0 Å². The lowest BCUT2D eigenvalue weighted by Crippen LogP contribution is -2.66. The van der Waals surface area contributed by atoms with Crippen molar-refractivity contribution in [1.82, 2.24) is 10.1 Å². The lowest BCUT2D eigenvalue weighted by atomic mass is 9.73. The molecule has 0 amide bonds. The van der Waals surface area contributed by atoms with Crippen molar-refractivity contribution < 1.29 is 48.4 Å². The maximum absolute atomic E-state index is 13.2. The van der Waals surface area contributed by atoms with E-state index in [1.54, 1.807) is 0 Å². The minimum absolute atomic E-state index is 0.00373. The molecule has 4 atom stereocenters. The van der Waals surface area contributed by atoms with Crippen molar-refractivity contribution >= 4 is 11.9 Å². The van der Waals surface area contributed by atoms with Crippen LogP contribution in [-0.4, -0.2) is 94.4 Å². The number of hydrogen-bond acceptors (Lipinski definition) is 10. The lowest BCUT2D eigenvalue weighted by molar-refractivity contribution is -0.352. The van der Waals surface area contributed by atoms with Crippen molar-refractivity contribution in [1.29, 1.82) is 0 Å². The highest BCUT2D eigenvalue weighted by Crippen LogP contribution is 2.51. The summed E-state index contributed by atoms with van der Waals surface area (Å²) in [6.07, 6.45) is 3.56. The molecule has 4 aliphatic rings. The summed E-state index contributed by atoms with van der Waals surface area (Å²) in [5, 5.41) is 28.8. The Hall–Kier alpha value is -2.16. The second-order valence-electron chi connectivity index (χ2n) is 15.5. The summed E-state index contributed by atoms with van der Waals surface area (Å²) in [5.41, 5.74) is -1.92. The van der Waals surface area contributed by atoms with Gasteiger partial charge in [-0.25, -0.2) is 9.59 Å². The molecule has 268 valence electrons. The summed E-state index contributed by atoms with van der Waals surface area (Å²) in [4.78, 5) is 25.7. The third-order valence-electron chi connectivity index (χ3n) is 11.2. The van der Waals surface area contributed by atoms with Crippen molar-refractivity contribution in [2.45, 2.75) is 153 Å². The SMILES string of the molecule is CCC1(CC)CC2(CC(C)(C)N1[O])OCC(COC(=O)c1ccc(C(=O)OCC3COC4(CC(C)(C)N([O])C(CC)(CC)C4)O3)cc1)O2. The number of nitrogens with zero attached hydrogens (tertiary/aromatic N) is 2. The van der Waals surface area contributed by atoms with Gasteiger partial charge in [0.1, 0.15) is 25.4 Å². The van der Waals surface area contributed by atoms with Crippen LogP contribution in [0.25, 0.3) is 0 Å². The zero-order valence-electron chi connectivity index (χ0n) is 29.9. The third-order valence-corrected chi connectivity index (χ3v) is 11.2.